The fourth-order valence-corrected chi connectivity index (χ4v) is 4.86. The summed E-state index contributed by atoms with van der Waals surface area (Å²) in [6.45, 7) is 2.14. The molecule has 0 spiro atoms. The van der Waals surface area contributed by atoms with Gasteiger partial charge >= 0.3 is 12.2 Å². The Morgan fingerprint density at radius 2 is 1.94 bits per heavy atom. The molecule has 1 aliphatic heterocycles. The molecule has 8 nitrogen and oxygen atoms in total. The zero-order valence-corrected chi connectivity index (χ0v) is 19.1. The van der Waals surface area contributed by atoms with Gasteiger partial charge in [-0.15, -0.1) is 0 Å². The molecule has 3 rings (SSSR count). The first-order valence-corrected chi connectivity index (χ1v) is 12.5. The molecule has 0 aromatic heterocycles. The van der Waals surface area contributed by atoms with Gasteiger partial charge in [0.05, 0.1) is 17.9 Å². The predicted molar refractivity (Wildman–Crippen MR) is 114 cm³/mol. The molecule has 0 radical (unpaired) electrons. The number of hydrogen-bond acceptors (Lipinski definition) is 5. The summed E-state index contributed by atoms with van der Waals surface area (Å²) in [7, 11) is -3.68. The number of imide groups is 1. The van der Waals surface area contributed by atoms with E-state index in [0.29, 0.717) is 31.4 Å². The van der Waals surface area contributed by atoms with Gasteiger partial charge in [-0.05, 0) is 56.2 Å². The number of halogens is 3. The second kappa shape index (κ2) is 10.3. The topological polar surface area (TPSA) is 105 Å². The average molecular weight is 492 g/mol. The van der Waals surface area contributed by atoms with E-state index in [1.165, 1.54) is 17.0 Å². The molecule has 1 atom stereocenters. The fraction of sp³-hybridized carbons (Fsp3) is 0.619. The maximum Gasteiger partial charge on any atom is 0.419 e. The molecule has 1 saturated carbocycles. The highest BCUT2D eigenvalue weighted by Gasteiger charge is 2.35. The normalized spacial score (nSPS) is 17.9. The van der Waals surface area contributed by atoms with E-state index in [2.05, 4.69) is 10.0 Å². The Balaban J connectivity index is 1.51. The van der Waals surface area contributed by atoms with Gasteiger partial charge in [0.25, 0.3) is 0 Å². The molecule has 184 valence electrons. The zero-order valence-electron chi connectivity index (χ0n) is 18.3. The molecule has 0 bridgehead atoms. The number of sulfonamides is 1. The van der Waals surface area contributed by atoms with Crippen molar-refractivity contribution in [3.63, 3.8) is 0 Å². The summed E-state index contributed by atoms with van der Waals surface area (Å²) in [4.78, 5) is 24.0. The Bertz CT molecular complexity index is 980. The van der Waals surface area contributed by atoms with E-state index >= 15 is 0 Å². The number of carbonyl (C=O) groups is 2. The van der Waals surface area contributed by atoms with Crippen LogP contribution in [0.1, 0.15) is 56.2 Å². The standard InChI is InChI=1S/C21H28F3N3O5S/c1-14(16-7-8-17(21(22,23)24)18(11-16)32-13-15-5-6-15)26-33(30,31)10-4-2-3-9-27-12-19(28)25-20(27)29/h7-8,11,14-15,26H,2-6,9-10,12-13H2,1H3,(H,25,28,29). The van der Waals surface area contributed by atoms with Crippen molar-refractivity contribution < 1.29 is 35.9 Å². The Labute approximate surface area is 190 Å². The monoisotopic (exact) mass is 491 g/mol. The molecule has 1 saturated heterocycles. The first-order chi connectivity index (χ1) is 15.4. The third-order valence-corrected chi connectivity index (χ3v) is 7.09. The number of hydrogen-bond donors (Lipinski definition) is 2. The molecule has 1 aromatic carbocycles. The molecule has 2 aliphatic rings. The molecule has 2 fully saturated rings. The Morgan fingerprint density at radius 3 is 2.55 bits per heavy atom. The number of rotatable bonds is 12. The number of ether oxygens (including phenoxy) is 1. The van der Waals surface area contributed by atoms with Gasteiger partial charge in [-0.2, -0.15) is 13.2 Å². The maximum absolute atomic E-state index is 13.3. The zero-order chi connectivity index (χ0) is 24.2. The Morgan fingerprint density at radius 1 is 1.21 bits per heavy atom. The number of carbonyl (C=O) groups excluding carboxylic acids is 2. The van der Waals surface area contributed by atoms with Crippen molar-refractivity contribution in [1.29, 1.82) is 0 Å². The molecule has 1 aliphatic carbocycles. The second-order valence-corrected chi connectivity index (χ2v) is 10.4. The highest BCUT2D eigenvalue weighted by Crippen LogP contribution is 2.39. The summed E-state index contributed by atoms with van der Waals surface area (Å²) in [5.74, 6) is -0.535. The lowest BCUT2D eigenvalue weighted by Gasteiger charge is -2.19. The second-order valence-electron chi connectivity index (χ2n) is 8.50. The van der Waals surface area contributed by atoms with Gasteiger partial charge in [0.15, 0.2) is 0 Å². The highest BCUT2D eigenvalue weighted by atomic mass is 32.2. The maximum atomic E-state index is 13.3. The number of nitrogens with one attached hydrogen (secondary N) is 2. The number of unbranched alkanes of at least 4 members (excludes halogenated alkanes) is 2. The number of alkyl halides is 3. The van der Waals surface area contributed by atoms with Gasteiger partial charge in [0.2, 0.25) is 15.9 Å². The lowest BCUT2D eigenvalue weighted by atomic mass is 10.1. The average Bonchev–Trinajstić information content (AvgIpc) is 3.48. The molecule has 3 amide bonds. The van der Waals surface area contributed by atoms with Crippen molar-refractivity contribution in [3.05, 3.63) is 29.3 Å². The highest BCUT2D eigenvalue weighted by molar-refractivity contribution is 7.89. The van der Waals surface area contributed by atoms with Gasteiger partial charge in [-0.1, -0.05) is 12.5 Å². The summed E-state index contributed by atoms with van der Waals surface area (Å²) >= 11 is 0. The van der Waals surface area contributed by atoms with Gasteiger partial charge < -0.3 is 9.64 Å². The number of amides is 3. The SMILES string of the molecule is CC(NS(=O)(=O)CCCCCN1CC(=O)NC1=O)c1ccc(C(F)(F)F)c(OCC2CC2)c1. The number of urea groups is 1. The van der Waals surface area contributed by atoms with E-state index in [4.69, 9.17) is 4.74 Å². The van der Waals surface area contributed by atoms with Gasteiger partial charge in [0.1, 0.15) is 12.3 Å². The summed E-state index contributed by atoms with van der Waals surface area (Å²) in [6, 6.07) is 2.24. The van der Waals surface area contributed by atoms with E-state index in [0.717, 1.165) is 18.9 Å². The van der Waals surface area contributed by atoms with Crippen LogP contribution >= 0.6 is 0 Å². The van der Waals surface area contributed by atoms with Crippen LogP contribution in [-0.2, 0) is 21.0 Å². The molecule has 1 unspecified atom stereocenters. The Kier molecular flexibility index (Phi) is 7.88. The molecule has 12 heteroatoms. The van der Waals surface area contributed by atoms with Crippen LogP contribution in [0.3, 0.4) is 0 Å². The molecule has 1 aromatic rings. The summed E-state index contributed by atoms with van der Waals surface area (Å²) in [5, 5.41) is 2.17. The first kappa shape index (κ1) is 25.3. The third kappa shape index (κ3) is 7.60. The van der Waals surface area contributed by atoms with Crippen molar-refractivity contribution in [2.45, 2.75) is 51.2 Å². The summed E-state index contributed by atoms with van der Waals surface area (Å²) in [6.07, 6.45) is -1.28. The fourth-order valence-electron chi connectivity index (χ4n) is 3.49. The summed E-state index contributed by atoms with van der Waals surface area (Å²) in [5.41, 5.74) is -0.502. The predicted octanol–water partition coefficient (Wildman–Crippen LogP) is 3.20. The van der Waals surface area contributed by atoms with Crippen molar-refractivity contribution in [2.75, 3.05) is 25.4 Å². The van der Waals surface area contributed by atoms with Crippen molar-refractivity contribution in [1.82, 2.24) is 14.9 Å². The van der Waals surface area contributed by atoms with Crippen molar-refractivity contribution in [3.8, 4) is 5.75 Å². The van der Waals surface area contributed by atoms with E-state index in [9.17, 15) is 31.2 Å². The molecule has 33 heavy (non-hydrogen) atoms. The first-order valence-electron chi connectivity index (χ1n) is 10.9. The third-order valence-electron chi connectivity index (χ3n) is 5.55. The minimum atomic E-state index is -4.57. The van der Waals surface area contributed by atoms with Crippen molar-refractivity contribution in [2.24, 2.45) is 5.92 Å². The van der Waals surface area contributed by atoms with Crippen LogP contribution in [0.15, 0.2) is 18.2 Å². The summed E-state index contributed by atoms with van der Waals surface area (Å²) < 4.78 is 72.6. The van der Waals surface area contributed by atoms with Crippen LogP contribution in [0.4, 0.5) is 18.0 Å². The number of benzene rings is 1. The lowest BCUT2D eigenvalue weighted by Crippen LogP contribution is -2.30. The van der Waals surface area contributed by atoms with E-state index in [-0.39, 0.29) is 36.5 Å². The smallest absolute Gasteiger partial charge is 0.419 e. The van der Waals surface area contributed by atoms with E-state index in [1.807, 2.05) is 0 Å². The lowest BCUT2D eigenvalue weighted by molar-refractivity contribution is -0.139. The van der Waals surface area contributed by atoms with E-state index in [1.54, 1.807) is 6.92 Å². The van der Waals surface area contributed by atoms with Crippen LogP contribution in [0.2, 0.25) is 0 Å². The van der Waals surface area contributed by atoms with Crippen molar-refractivity contribution >= 4 is 22.0 Å². The van der Waals surface area contributed by atoms with Gasteiger partial charge in [0, 0.05) is 12.6 Å². The van der Waals surface area contributed by atoms with Crippen LogP contribution < -0.4 is 14.8 Å². The molecular formula is C21H28F3N3O5S. The largest absolute Gasteiger partial charge is 0.493 e. The minimum Gasteiger partial charge on any atom is -0.493 e. The van der Waals surface area contributed by atoms with Crippen LogP contribution in [0.5, 0.6) is 5.75 Å². The number of nitrogens with zero attached hydrogens (tertiary/aromatic N) is 1. The van der Waals surface area contributed by atoms with Gasteiger partial charge in [-0.3, -0.25) is 10.1 Å². The van der Waals surface area contributed by atoms with Crippen LogP contribution in [-0.4, -0.2) is 50.7 Å². The molecule has 1 heterocycles. The Hall–Kier alpha value is -2.34. The van der Waals surface area contributed by atoms with E-state index < -0.39 is 33.8 Å². The minimum absolute atomic E-state index is 0.00961. The molecule has 2 N–H and O–H groups in total. The van der Waals surface area contributed by atoms with Crippen LogP contribution in [0, 0.1) is 5.92 Å². The quantitative estimate of drug-likeness (QED) is 0.345. The van der Waals surface area contributed by atoms with Gasteiger partial charge in [-0.25, -0.2) is 17.9 Å². The van der Waals surface area contributed by atoms with Crippen LogP contribution in [0.25, 0.3) is 0 Å². The molecular weight excluding hydrogens is 463 g/mol.